The van der Waals surface area contributed by atoms with Gasteiger partial charge < -0.3 is 5.32 Å². The van der Waals surface area contributed by atoms with E-state index in [9.17, 15) is 13.2 Å². The van der Waals surface area contributed by atoms with Crippen molar-refractivity contribution in [2.24, 2.45) is 0 Å². The van der Waals surface area contributed by atoms with Crippen LogP contribution in [0.2, 0.25) is 0 Å². The van der Waals surface area contributed by atoms with E-state index in [2.05, 4.69) is 21.2 Å². The highest BCUT2D eigenvalue weighted by atomic mass is 79.9. The van der Waals surface area contributed by atoms with Crippen molar-refractivity contribution in [2.75, 3.05) is 6.54 Å². The molecule has 1 unspecified atom stereocenters. The Labute approximate surface area is 131 Å². The van der Waals surface area contributed by atoms with Gasteiger partial charge in [0.25, 0.3) is 10.0 Å². The van der Waals surface area contributed by atoms with E-state index < -0.39 is 16.1 Å². The third kappa shape index (κ3) is 3.24. The first-order valence-corrected chi connectivity index (χ1v) is 9.45. The largest absolute Gasteiger partial charge is 0.353 e. The van der Waals surface area contributed by atoms with E-state index in [4.69, 9.17) is 0 Å². The summed E-state index contributed by atoms with van der Waals surface area (Å²) < 4.78 is 27.5. The molecule has 112 valence electrons. The molecule has 2 heterocycles. The van der Waals surface area contributed by atoms with Gasteiger partial charge in [0.05, 0.1) is 3.79 Å². The Morgan fingerprint density at radius 2 is 2.20 bits per heavy atom. The molecular weight excluding hydrogens is 364 g/mol. The number of nitrogens with one attached hydrogen (secondary N) is 1. The monoisotopic (exact) mass is 380 g/mol. The molecule has 1 fully saturated rings. The number of rotatable bonds is 4. The highest BCUT2D eigenvalue weighted by Gasteiger charge is 2.40. The maximum atomic E-state index is 12.6. The maximum Gasteiger partial charge on any atom is 0.253 e. The van der Waals surface area contributed by atoms with E-state index in [1.54, 1.807) is 12.1 Å². The van der Waals surface area contributed by atoms with Crippen molar-refractivity contribution >= 4 is 43.2 Å². The fourth-order valence-corrected chi connectivity index (χ4v) is 6.02. The average Bonchev–Trinajstić information content (AvgIpc) is 2.96. The van der Waals surface area contributed by atoms with Crippen LogP contribution < -0.4 is 5.32 Å². The summed E-state index contributed by atoms with van der Waals surface area (Å²) in [6.45, 7) is 4.12. The van der Waals surface area contributed by atoms with Crippen molar-refractivity contribution in [3.63, 3.8) is 0 Å². The van der Waals surface area contributed by atoms with Crippen molar-refractivity contribution in [3.8, 4) is 0 Å². The molecule has 1 N–H and O–H groups in total. The molecule has 5 nitrogen and oxygen atoms in total. The lowest BCUT2D eigenvalue weighted by molar-refractivity contribution is -0.124. The van der Waals surface area contributed by atoms with E-state index in [-0.39, 0.29) is 16.2 Å². The summed E-state index contributed by atoms with van der Waals surface area (Å²) in [7, 11) is -3.59. The minimum absolute atomic E-state index is 0.00327. The first kappa shape index (κ1) is 15.9. The summed E-state index contributed by atoms with van der Waals surface area (Å²) in [5.74, 6) is -0.211. The number of carbonyl (C=O) groups is 1. The molecule has 0 bridgehead atoms. The molecule has 20 heavy (non-hydrogen) atoms. The quantitative estimate of drug-likeness (QED) is 0.870. The topological polar surface area (TPSA) is 66.5 Å². The lowest BCUT2D eigenvalue weighted by Crippen LogP contribution is -2.47. The minimum Gasteiger partial charge on any atom is -0.353 e. The molecular formula is C12H17BrN2O3S2. The van der Waals surface area contributed by atoms with E-state index >= 15 is 0 Å². The molecule has 1 atom stereocenters. The first-order valence-electron chi connectivity index (χ1n) is 6.40. The Kier molecular flexibility index (Phi) is 4.88. The number of hydrogen-bond acceptors (Lipinski definition) is 4. The fraction of sp³-hybridized carbons (Fsp3) is 0.583. The zero-order valence-electron chi connectivity index (χ0n) is 11.3. The van der Waals surface area contributed by atoms with Crippen LogP contribution in [-0.4, -0.2) is 37.3 Å². The molecule has 8 heteroatoms. The molecule has 2 rings (SSSR count). The van der Waals surface area contributed by atoms with Crippen molar-refractivity contribution in [2.45, 2.75) is 43.0 Å². The van der Waals surface area contributed by atoms with Crippen molar-refractivity contribution in [1.29, 1.82) is 0 Å². The van der Waals surface area contributed by atoms with Crippen LogP contribution in [-0.2, 0) is 14.8 Å². The van der Waals surface area contributed by atoms with Crippen molar-refractivity contribution < 1.29 is 13.2 Å². The van der Waals surface area contributed by atoms with Gasteiger partial charge in [-0.1, -0.05) is 0 Å². The Balaban J connectivity index is 2.24. The minimum atomic E-state index is -3.59. The Morgan fingerprint density at radius 1 is 1.50 bits per heavy atom. The summed E-state index contributed by atoms with van der Waals surface area (Å²) in [6.07, 6.45) is 1.28. The normalized spacial score (nSPS) is 20.5. The lowest BCUT2D eigenvalue weighted by Gasteiger charge is -2.23. The molecule has 1 aromatic rings. The second-order valence-electron chi connectivity index (χ2n) is 5.00. The van der Waals surface area contributed by atoms with Gasteiger partial charge >= 0.3 is 0 Å². The van der Waals surface area contributed by atoms with E-state index in [1.165, 1.54) is 4.31 Å². The average molecular weight is 381 g/mol. The predicted octanol–water partition coefficient (Wildman–Crippen LogP) is 2.19. The fourth-order valence-electron chi connectivity index (χ4n) is 2.22. The summed E-state index contributed by atoms with van der Waals surface area (Å²) in [5, 5.41) is 2.79. The van der Waals surface area contributed by atoms with Gasteiger partial charge in [-0.05, 0) is 54.8 Å². The third-order valence-corrected chi connectivity index (χ3v) is 7.05. The third-order valence-electron chi connectivity index (χ3n) is 3.05. The molecule has 1 amide bonds. The van der Waals surface area contributed by atoms with Gasteiger partial charge in [0.15, 0.2) is 0 Å². The van der Waals surface area contributed by atoms with Crippen LogP contribution in [0.5, 0.6) is 0 Å². The number of amides is 1. The van der Waals surface area contributed by atoms with E-state index in [0.717, 1.165) is 15.1 Å². The van der Waals surface area contributed by atoms with Gasteiger partial charge in [-0.25, -0.2) is 8.42 Å². The second-order valence-corrected chi connectivity index (χ2v) is 9.58. The van der Waals surface area contributed by atoms with Crippen LogP contribution in [0, 0.1) is 0 Å². The Hall–Kier alpha value is -0.440. The maximum absolute atomic E-state index is 12.6. The molecule has 0 aliphatic carbocycles. The number of halogens is 1. The zero-order valence-corrected chi connectivity index (χ0v) is 14.5. The van der Waals surface area contributed by atoms with E-state index in [0.29, 0.717) is 19.4 Å². The van der Waals surface area contributed by atoms with E-state index in [1.807, 2.05) is 13.8 Å². The van der Waals surface area contributed by atoms with Crippen LogP contribution in [0.1, 0.15) is 26.7 Å². The summed E-state index contributed by atoms with van der Waals surface area (Å²) in [5.41, 5.74) is 0. The number of nitrogens with zero attached hydrogens (tertiary/aromatic N) is 1. The standard InChI is InChI=1S/C12H17BrN2O3S2/c1-8(2)14-12(16)9-4-3-7-15(9)20(17,18)11-6-5-10(13)19-11/h5-6,8-9H,3-4,7H2,1-2H3,(H,14,16). The van der Waals surface area contributed by atoms with Gasteiger partial charge in [-0.2, -0.15) is 4.31 Å². The second kappa shape index (κ2) is 6.13. The molecule has 1 saturated heterocycles. The molecule has 0 radical (unpaired) electrons. The van der Waals surface area contributed by atoms with Gasteiger partial charge in [0, 0.05) is 12.6 Å². The molecule has 1 aromatic heterocycles. The Bertz CT molecular complexity index is 598. The highest BCUT2D eigenvalue weighted by molar-refractivity contribution is 9.11. The van der Waals surface area contributed by atoms with Crippen molar-refractivity contribution in [1.82, 2.24) is 9.62 Å². The van der Waals surface area contributed by atoms with Crippen LogP contribution in [0.25, 0.3) is 0 Å². The first-order chi connectivity index (χ1) is 9.32. The van der Waals surface area contributed by atoms with Gasteiger partial charge in [-0.3, -0.25) is 4.79 Å². The number of sulfonamides is 1. The molecule has 0 saturated carbocycles. The lowest BCUT2D eigenvalue weighted by atomic mass is 10.2. The molecule has 0 aromatic carbocycles. The van der Waals surface area contributed by atoms with Gasteiger partial charge in [0.1, 0.15) is 10.3 Å². The van der Waals surface area contributed by atoms with Gasteiger partial charge in [-0.15, -0.1) is 11.3 Å². The zero-order chi connectivity index (χ0) is 14.9. The predicted molar refractivity (Wildman–Crippen MR) is 82.2 cm³/mol. The number of thiophene rings is 1. The molecule has 1 aliphatic heterocycles. The Morgan fingerprint density at radius 3 is 2.75 bits per heavy atom. The SMILES string of the molecule is CC(C)NC(=O)C1CCCN1S(=O)(=O)c1ccc(Br)s1. The summed E-state index contributed by atoms with van der Waals surface area (Å²) in [6, 6.07) is 2.68. The van der Waals surface area contributed by atoms with Crippen LogP contribution in [0.15, 0.2) is 20.1 Å². The molecule has 0 spiro atoms. The highest BCUT2D eigenvalue weighted by Crippen LogP contribution is 2.32. The van der Waals surface area contributed by atoms with Gasteiger partial charge in [0.2, 0.25) is 5.91 Å². The summed E-state index contributed by atoms with van der Waals surface area (Å²) >= 11 is 4.43. The molecule has 1 aliphatic rings. The van der Waals surface area contributed by atoms with Crippen molar-refractivity contribution in [3.05, 3.63) is 15.9 Å². The number of hydrogen-bond donors (Lipinski definition) is 1. The van der Waals surface area contributed by atoms with Crippen LogP contribution in [0.4, 0.5) is 0 Å². The van der Waals surface area contributed by atoms with Crippen LogP contribution >= 0.6 is 27.3 Å². The summed E-state index contributed by atoms with van der Waals surface area (Å²) in [4.78, 5) is 12.1. The number of carbonyl (C=O) groups excluding carboxylic acids is 1. The smallest absolute Gasteiger partial charge is 0.253 e. The van der Waals surface area contributed by atoms with Crippen LogP contribution in [0.3, 0.4) is 0 Å².